The Balaban J connectivity index is 0.000000523. The molecule has 0 radical (unpaired) electrons. The number of hydrogen-bond donors (Lipinski definition) is 5. The Morgan fingerprint density at radius 1 is 1.16 bits per heavy atom. The molecule has 0 aliphatic rings. The molecular formula is C19H22FN7O4P+. The number of aromatic nitrogens is 5. The Morgan fingerprint density at radius 3 is 2.53 bits per heavy atom. The molecule has 0 saturated heterocycles. The number of nitrogens with one attached hydrogen (secondary N) is 2. The van der Waals surface area contributed by atoms with Crippen molar-refractivity contribution >= 4 is 24.5 Å². The van der Waals surface area contributed by atoms with E-state index in [1.807, 2.05) is 60.2 Å². The van der Waals surface area contributed by atoms with Gasteiger partial charge in [-0.1, -0.05) is 0 Å². The SMILES string of the molecule is CC(NNc1ncnc2cc(F)ccc12)c1ccc(-n2cc[n+](C)c2)nc1.O=P(O)(O)O. The van der Waals surface area contributed by atoms with Crippen LogP contribution in [0.15, 0.2) is 61.6 Å². The highest BCUT2D eigenvalue weighted by Gasteiger charge is 2.10. The second kappa shape index (κ2) is 9.90. The molecule has 11 nitrogen and oxygen atoms in total. The first-order valence-electron chi connectivity index (χ1n) is 9.30. The zero-order valence-corrected chi connectivity index (χ0v) is 18.1. The van der Waals surface area contributed by atoms with Crippen LogP contribution in [0.5, 0.6) is 0 Å². The number of nitrogens with zero attached hydrogens (tertiary/aromatic N) is 5. The minimum absolute atomic E-state index is 0.0159. The number of pyridine rings is 1. The van der Waals surface area contributed by atoms with Crippen LogP contribution >= 0.6 is 7.82 Å². The topological polar surface area (TPSA) is 149 Å². The predicted molar refractivity (Wildman–Crippen MR) is 114 cm³/mol. The van der Waals surface area contributed by atoms with E-state index in [0.717, 1.165) is 16.8 Å². The third-order valence-corrected chi connectivity index (χ3v) is 4.31. The quantitative estimate of drug-likeness (QED) is 0.169. The van der Waals surface area contributed by atoms with Gasteiger partial charge in [0.15, 0.2) is 5.82 Å². The molecule has 5 N–H and O–H groups in total. The molecule has 0 aliphatic heterocycles. The molecule has 0 fully saturated rings. The number of benzene rings is 1. The summed E-state index contributed by atoms with van der Waals surface area (Å²) in [5.41, 5.74) is 7.86. The maximum absolute atomic E-state index is 13.4. The van der Waals surface area contributed by atoms with Gasteiger partial charge in [0.2, 0.25) is 12.1 Å². The molecule has 3 aromatic heterocycles. The number of imidazole rings is 1. The van der Waals surface area contributed by atoms with Crippen molar-refractivity contribution in [3.8, 4) is 5.82 Å². The highest BCUT2D eigenvalue weighted by atomic mass is 31.2. The summed E-state index contributed by atoms with van der Waals surface area (Å²) in [5.74, 6) is 1.12. The van der Waals surface area contributed by atoms with Gasteiger partial charge in [0.05, 0.1) is 12.6 Å². The van der Waals surface area contributed by atoms with Crippen LogP contribution in [0.1, 0.15) is 18.5 Å². The van der Waals surface area contributed by atoms with Gasteiger partial charge in [-0.15, -0.1) is 0 Å². The van der Waals surface area contributed by atoms with Crippen molar-refractivity contribution < 1.29 is 28.2 Å². The van der Waals surface area contributed by atoms with E-state index >= 15 is 0 Å². The van der Waals surface area contributed by atoms with Gasteiger partial charge in [-0.2, -0.15) is 4.57 Å². The molecular weight excluding hydrogens is 440 g/mol. The molecule has 168 valence electrons. The van der Waals surface area contributed by atoms with E-state index in [1.165, 1.54) is 18.5 Å². The Bertz CT molecular complexity index is 1240. The average Bonchev–Trinajstić information content (AvgIpc) is 3.17. The van der Waals surface area contributed by atoms with E-state index in [9.17, 15) is 4.39 Å². The van der Waals surface area contributed by atoms with Crippen molar-refractivity contribution in [1.82, 2.24) is 24.9 Å². The maximum atomic E-state index is 13.4. The zero-order chi connectivity index (χ0) is 23.3. The van der Waals surface area contributed by atoms with Crippen LogP contribution in [0, 0.1) is 5.82 Å². The molecule has 3 heterocycles. The molecule has 0 amide bonds. The van der Waals surface area contributed by atoms with Crippen molar-refractivity contribution in [2.24, 2.45) is 7.05 Å². The third-order valence-electron chi connectivity index (χ3n) is 4.31. The van der Waals surface area contributed by atoms with E-state index in [1.54, 1.807) is 6.07 Å². The third kappa shape index (κ3) is 6.61. The molecule has 4 aromatic rings. The number of anilines is 1. The second-order valence-corrected chi connectivity index (χ2v) is 7.85. The Morgan fingerprint density at radius 2 is 1.91 bits per heavy atom. The van der Waals surface area contributed by atoms with E-state index in [0.29, 0.717) is 11.3 Å². The lowest BCUT2D eigenvalue weighted by atomic mass is 10.1. The standard InChI is InChI=1S/C19H19FN7.H3O4P/c1-13(14-3-6-18(21-10-14)27-8-7-26(2)12-27)24-25-19-16-5-4-15(20)9-17(16)22-11-23-19;1-5(2,3)4/h3-13,24H,1-2H3,(H,22,23,25);(H3,1,2,3,4)/q+1;. The normalized spacial score (nSPS) is 12.2. The van der Waals surface area contributed by atoms with E-state index in [4.69, 9.17) is 19.2 Å². The van der Waals surface area contributed by atoms with Crippen LogP contribution in [-0.4, -0.2) is 34.2 Å². The summed E-state index contributed by atoms with van der Waals surface area (Å²) in [6.07, 6.45) is 9.11. The van der Waals surface area contributed by atoms with Crippen LogP contribution in [0.3, 0.4) is 0 Å². The summed E-state index contributed by atoms with van der Waals surface area (Å²) in [6, 6.07) is 8.41. The number of hydrogen-bond acceptors (Lipinski definition) is 6. The maximum Gasteiger partial charge on any atom is 0.466 e. The summed E-state index contributed by atoms with van der Waals surface area (Å²) >= 11 is 0. The fraction of sp³-hybridized carbons (Fsp3) is 0.158. The summed E-state index contributed by atoms with van der Waals surface area (Å²) in [4.78, 5) is 34.4. The van der Waals surface area contributed by atoms with Gasteiger partial charge in [-0.05, 0) is 30.7 Å². The summed E-state index contributed by atoms with van der Waals surface area (Å²) in [6.45, 7) is 2.02. The van der Waals surface area contributed by atoms with Gasteiger partial charge in [-0.3, -0.25) is 0 Å². The lowest BCUT2D eigenvalue weighted by Crippen LogP contribution is -2.26. The van der Waals surface area contributed by atoms with E-state index in [2.05, 4.69) is 25.8 Å². The van der Waals surface area contributed by atoms with Gasteiger partial charge in [0.25, 0.3) is 0 Å². The Hall–Kier alpha value is -3.28. The van der Waals surface area contributed by atoms with Crippen molar-refractivity contribution in [2.75, 3.05) is 5.43 Å². The lowest BCUT2D eigenvalue weighted by molar-refractivity contribution is -0.670. The Labute approximate surface area is 182 Å². The predicted octanol–water partition coefficient (Wildman–Crippen LogP) is 1.53. The number of hydrazine groups is 1. The fourth-order valence-corrected chi connectivity index (χ4v) is 2.78. The molecule has 0 aliphatic carbocycles. The number of rotatable bonds is 5. The number of halogens is 1. The molecule has 13 heteroatoms. The largest absolute Gasteiger partial charge is 0.466 e. The minimum Gasteiger partial charge on any atom is -0.305 e. The van der Waals surface area contributed by atoms with Crippen molar-refractivity contribution in [1.29, 1.82) is 0 Å². The van der Waals surface area contributed by atoms with Crippen LogP contribution in [0.25, 0.3) is 16.7 Å². The summed E-state index contributed by atoms with van der Waals surface area (Å²) in [7, 11) is -2.67. The van der Waals surface area contributed by atoms with Gasteiger partial charge in [0, 0.05) is 29.8 Å². The molecule has 0 spiro atoms. The van der Waals surface area contributed by atoms with Crippen molar-refractivity contribution in [3.05, 3.63) is 73.0 Å². The van der Waals surface area contributed by atoms with Crippen LogP contribution < -0.4 is 15.4 Å². The molecule has 1 aromatic carbocycles. The first kappa shape index (κ1) is 23.4. The molecule has 1 atom stereocenters. The molecule has 32 heavy (non-hydrogen) atoms. The molecule has 4 rings (SSSR count). The fourth-order valence-electron chi connectivity index (χ4n) is 2.78. The minimum atomic E-state index is -4.64. The van der Waals surface area contributed by atoms with Crippen molar-refractivity contribution in [3.63, 3.8) is 0 Å². The number of fused-ring (bicyclic) bond motifs is 1. The zero-order valence-electron chi connectivity index (χ0n) is 17.2. The monoisotopic (exact) mass is 462 g/mol. The van der Waals surface area contributed by atoms with Crippen molar-refractivity contribution in [2.45, 2.75) is 13.0 Å². The first-order valence-corrected chi connectivity index (χ1v) is 10.9. The van der Waals surface area contributed by atoms with E-state index in [-0.39, 0.29) is 11.9 Å². The summed E-state index contributed by atoms with van der Waals surface area (Å²) < 4.78 is 26.1. The Kier molecular flexibility index (Phi) is 7.23. The smallest absolute Gasteiger partial charge is 0.305 e. The number of aryl methyl sites for hydroxylation is 1. The van der Waals surface area contributed by atoms with Crippen LogP contribution in [0.4, 0.5) is 10.2 Å². The highest BCUT2D eigenvalue weighted by Crippen LogP contribution is 2.25. The van der Waals surface area contributed by atoms with E-state index < -0.39 is 7.82 Å². The summed E-state index contributed by atoms with van der Waals surface area (Å²) in [5, 5.41) is 0.743. The second-order valence-electron chi connectivity index (χ2n) is 6.82. The molecule has 0 saturated carbocycles. The molecule has 1 unspecified atom stereocenters. The van der Waals surface area contributed by atoms with Crippen LogP contribution in [0.2, 0.25) is 0 Å². The first-order chi connectivity index (χ1) is 15.1. The van der Waals surface area contributed by atoms with Gasteiger partial charge in [-0.25, -0.2) is 33.9 Å². The van der Waals surface area contributed by atoms with Gasteiger partial charge in [0.1, 0.15) is 24.5 Å². The highest BCUT2D eigenvalue weighted by molar-refractivity contribution is 7.45. The number of phosphoric acid groups is 1. The van der Waals surface area contributed by atoms with Gasteiger partial charge < -0.3 is 20.1 Å². The van der Waals surface area contributed by atoms with Gasteiger partial charge >= 0.3 is 7.82 Å². The van der Waals surface area contributed by atoms with Crippen LogP contribution in [-0.2, 0) is 11.6 Å². The lowest BCUT2D eigenvalue weighted by Gasteiger charge is -2.16. The molecule has 0 bridgehead atoms. The average molecular weight is 462 g/mol.